The van der Waals surface area contributed by atoms with Gasteiger partial charge in [-0.3, -0.25) is 4.79 Å². The van der Waals surface area contributed by atoms with Crippen LogP contribution in [0.2, 0.25) is 10.0 Å². The topological polar surface area (TPSA) is 94.4 Å². The Morgan fingerprint density at radius 1 is 1.14 bits per heavy atom. The molecule has 0 aromatic heterocycles. The number of halogens is 2. The maximum absolute atomic E-state index is 12.5. The molecule has 0 radical (unpaired) electrons. The second kappa shape index (κ2) is 12.9. The minimum atomic E-state index is -0.757. The van der Waals surface area contributed by atoms with Gasteiger partial charge in [-0.2, -0.15) is 0 Å². The van der Waals surface area contributed by atoms with Crippen LogP contribution in [-0.4, -0.2) is 35.7 Å². The highest BCUT2D eigenvalue weighted by Gasteiger charge is 2.33. The van der Waals surface area contributed by atoms with Crippen LogP contribution in [0.15, 0.2) is 57.6 Å². The van der Waals surface area contributed by atoms with E-state index in [1.165, 1.54) is 7.11 Å². The molecule has 0 atom stereocenters. The third-order valence-electron chi connectivity index (χ3n) is 4.94. The molecule has 7 nitrogen and oxygen atoms in total. The van der Waals surface area contributed by atoms with Gasteiger partial charge in [-0.05, 0) is 43.2 Å². The molecule has 1 heterocycles. The molecule has 0 bridgehead atoms. The van der Waals surface area contributed by atoms with Gasteiger partial charge in [0.1, 0.15) is 23.0 Å². The highest BCUT2D eigenvalue weighted by atomic mass is 35.5. The van der Waals surface area contributed by atoms with Gasteiger partial charge in [-0.1, -0.05) is 60.1 Å². The third kappa shape index (κ3) is 6.63. The Labute approximate surface area is 223 Å². The van der Waals surface area contributed by atoms with E-state index in [-0.39, 0.29) is 46.9 Å². The number of ether oxygens (including phenoxy) is 3. The first-order valence-corrected chi connectivity index (χ1v) is 12.7. The lowest BCUT2D eigenvalue weighted by atomic mass is 10.1. The summed E-state index contributed by atoms with van der Waals surface area (Å²) >= 11 is 13.7. The van der Waals surface area contributed by atoms with Crippen LogP contribution >= 0.6 is 35.0 Å². The van der Waals surface area contributed by atoms with Gasteiger partial charge in [0.2, 0.25) is 5.91 Å². The fourth-order valence-electron chi connectivity index (χ4n) is 3.25. The van der Waals surface area contributed by atoms with Crippen molar-refractivity contribution in [2.75, 3.05) is 13.7 Å². The first-order valence-electron chi connectivity index (χ1n) is 11.1. The second-order valence-corrected chi connectivity index (χ2v) is 9.37. The van der Waals surface area contributed by atoms with Crippen LogP contribution in [-0.2, 0) is 20.9 Å². The molecule has 1 aliphatic rings. The van der Waals surface area contributed by atoms with E-state index in [4.69, 9.17) is 37.4 Å². The van der Waals surface area contributed by atoms with Crippen LogP contribution in [0.5, 0.6) is 11.5 Å². The van der Waals surface area contributed by atoms with Crippen molar-refractivity contribution in [1.29, 1.82) is 0 Å². The number of rotatable bonds is 9. The normalized spacial score (nSPS) is 15.5. The number of aliphatic hydroxyl groups is 1. The Hall–Kier alpha value is -2.94. The largest absolute Gasteiger partial charge is 0.506 e. The number of carbonyl (C=O) groups is 2. The zero-order valence-corrected chi connectivity index (χ0v) is 22.3. The number of aliphatic hydroxyl groups excluding tert-OH is 1. The molecule has 3 rings (SSSR count). The van der Waals surface area contributed by atoms with Gasteiger partial charge in [-0.15, -0.1) is 0 Å². The van der Waals surface area contributed by atoms with E-state index in [2.05, 4.69) is 4.99 Å². The van der Waals surface area contributed by atoms with Gasteiger partial charge in [0, 0.05) is 17.0 Å². The lowest BCUT2D eigenvalue weighted by Gasteiger charge is -2.14. The highest BCUT2D eigenvalue weighted by Crippen LogP contribution is 2.42. The summed E-state index contributed by atoms with van der Waals surface area (Å²) in [6, 6.07) is 10.6. The van der Waals surface area contributed by atoms with Crippen LogP contribution in [0, 0.1) is 0 Å². The zero-order chi connectivity index (χ0) is 26.2. The molecule has 0 saturated carbocycles. The predicted molar refractivity (Wildman–Crippen MR) is 143 cm³/mol. The van der Waals surface area contributed by atoms with Gasteiger partial charge < -0.3 is 19.3 Å². The molecule has 0 unspecified atom stereocenters. The summed E-state index contributed by atoms with van der Waals surface area (Å²) in [6.07, 6.45) is 2.44. The molecule has 0 aliphatic carbocycles. The van der Waals surface area contributed by atoms with Crippen molar-refractivity contribution in [3.8, 4) is 11.5 Å². The van der Waals surface area contributed by atoms with Crippen LogP contribution in [0.3, 0.4) is 0 Å². The number of hydrogen-bond donors (Lipinski definition) is 1. The first kappa shape index (κ1) is 27.6. The highest BCUT2D eigenvalue weighted by molar-refractivity contribution is 8.18. The Morgan fingerprint density at radius 2 is 1.89 bits per heavy atom. The Morgan fingerprint density at radius 3 is 2.56 bits per heavy atom. The van der Waals surface area contributed by atoms with E-state index in [1.54, 1.807) is 31.2 Å². The molecular formula is C26H25Cl2NO6S. The SMILES string of the molecule is CCCC(=O)N=C1S/C(=C\c2cc(Cl)c(OCc3ccccc3Cl)c(OC)c2)C(O)=C1C(=O)OCC. The summed E-state index contributed by atoms with van der Waals surface area (Å²) in [4.78, 5) is 28.9. The first-order chi connectivity index (χ1) is 17.3. The molecule has 2 aromatic carbocycles. The summed E-state index contributed by atoms with van der Waals surface area (Å²) in [6.45, 7) is 3.79. The smallest absolute Gasteiger partial charge is 0.344 e. The van der Waals surface area contributed by atoms with Crippen molar-refractivity contribution in [2.24, 2.45) is 4.99 Å². The van der Waals surface area contributed by atoms with Crippen LogP contribution in [0.1, 0.15) is 37.8 Å². The Bertz CT molecular complexity index is 1250. The minimum Gasteiger partial charge on any atom is -0.506 e. The maximum Gasteiger partial charge on any atom is 0.344 e. The summed E-state index contributed by atoms with van der Waals surface area (Å²) < 4.78 is 16.4. The van der Waals surface area contributed by atoms with Crippen LogP contribution in [0.4, 0.5) is 0 Å². The average Bonchev–Trinajstić information content (AvgIpc) is 3.13. The van der Waals surface area contributed by atoms with Crippen molar-refractivity contribution in [1.82, 2.24) is 0 Å². The quantitative estimate of drug-likeness (QED) is 0.345. The lowest BCUT2D eigenvalue weighted by Crippen LogP contribution is -2.14. The molecule has 0 fully saturated rings. The molecule has 1 amide bonds. The van der Waals surface area contributed by atoms with Crippen molar-refractivity contribution in [2.45, 2.75) is 33.3 Å². The van der Waals surface area contributed by atoms with E-state index >= 15 is 0 Å². The van der Waals surface area contributed by atoms with Gasteiger partial charge in [0.15, 0.2) is 11.5 Å². The Balaban J connectivity index is 1.94. The average molecular weight is 550 g/mol. The summed E-state index contributed by atoms with van der Waals surface area (Å²) in [5.74, 6) is -0.769. The van der Waals surface area contributed by atoms with Crippen LogP contribution in [0.25, 0.3) is 6.08 Å². The number of benzene rings is 2. The van der Waals surface area contributed by atoms with E-state index in [1.807, 2.05) is 25.1 Å². The van der Waals surface area contributed by atoms with Crippen LogP contribution < -0.4 is 9.47 Å². The zero-order valence-electron chi connectivity index (χ0n) is 20.0. The third-order valence-corrected chi connectivity index (χ3v) is 6.61. The van der Waals surface area contributed by atoms with Crippen molar-refractivity contribution < 1.29 is 28.9 Å². The number of esters is 1. The van der Waals surface area contributed by atoms with Crippen molar-refractivity contribution in [3.05, 3.63) is 73.8 Å². The number of aliphatic imine (C=N–C) groups is 1. The number of nitrogens with zero attached hydrogens (tertiary/aromatic N) is 1. The summed E-state index contributed by atoms with van der Waals surface area (Å²) in [5, 5.41) is 11.7. The number of hydrogen-bond acceptors (Lipinski definition) is 7. The molecule has 1 aliphatic heterocycles. The number of carbonyl (C=O) groups excluding carboxylic acids is 2. The van der Waals surface area contributed by atoms with E-state index < -0.39 is 5.97 Å². The van der Waals surface area contributed by atoms with Crippen molar-refractivity contribution in [3.63, 3.8) is 0 Å². The van der Waals surface area contributed by atoms with E-state index in [9.17, 15) is 14.7 Å². The molecule has 36 heavy (non-hydrogen) atoms. The second-order valence-electron chi connectivity index (χ2n) is 7.53. The number of thioether (sulfide) groups is 1. The number of amides is 1. The fourth-order valence-corrected chi connectivity index (χ4v) is 4.75. The summed E-state index contributed by atoms with van der Waals surface area (Å²) in [5.41, 5.74) is 1.22. The Kier molecular flexibility index (Phi) is 9.87. The summed E-state index contributed by atoms with van der Waals surface area (Å²) in [7, 11) is 1.48. The van der Waals surface area contributed by atoms with E-state index in [0.29, 0.717) is 33.4 Å². The molecule has 0 spiro atoms. The van der Waals surface area contributed by atoms with Gasteiger partial charge in [-0.25, -0.2) is 9.79 Å². The van der Waals surface area contributed by atoms with Gasteiger partial charge in [0.05, 0.1) is 23.6 Å². The molecule has 190 valence electrons. The maximum atomic E-state index is 12.5. The van der Waals surface area contributed by atoms with E-state index in [0.717, 1.165) is 17.3 Å². The molecule has 2 aromatic rings. The lowest BCUT2D eigenvalue weighted by molar-refractivity contribution is -0.138. The molecule has 1 N–H and O–H groups in total. The molecular weight excluding hydrogens is 525 g/mol. The predicted octanol–water partition coefficient (Wildman–Crippen LogP) is 6.77. The molecule has 10 heteroatoms. The standard InChI is InChI=1S/C26H25Cl2NO6S/c1-4-8-21(30)29-25-22(26(32)34-5-2)23(31)20(36-25)13-15-11-18(28)24(19(12-15)33-3)35-14-16-9-6-7-10-17(16)27/h6-7,9-13,31H,4-5,8,14H2,1-3H3/b20-13-,29-25?. The molecule has 0 saturated heterocycles. The number of methoxy groups -OCH3 is 1. The monoisotopic (exact) mass is 549 g/mol. The van der Waals surface area contributed by atoms with Crippen molar-refractivity contribution >= 4 is 58.0 Å². The minimum absolute atomic E-state index is 0.0911. The van der Waals surface area contributed by atoms with Gasteiger partial charge in [0.25, 0.3) is 0 Å². The van der Waals surface area contributed by atoms with Gasteiger partial charge >= 0.3 is 5.97 Å². The fraction of sp³-hybridized carbons (Fsp3) is 0.269.